The van der Waals surface area contributed by atoms with Crippen molar-refractivity contribution >= 4 is 52.6 Å². The minimum absolute atomic E-state index is 0.0401. The first-order valence-corrected chi connectivity index (χ1v) is 11.5. The molecule has 2 fully saturated rings. The predicted molar refractivity (Wildman–Crippen MR) is 105 cm³/mol. The number of carboxylic acids is 1. The molecule has 13 nitrogen and oxygen atoms in total. The summed E-state index contributed by atoms with van der Waals surface area (Å²) in [5, 5.41) is 41.9. The van der Waals surface area contributed by atoms with Crippen molar-refractivity contribution in [2.24, 2.45) is 0 Å². The lowest BCUT2D eigenvalue weighted by Crippen LogP contribution is -2.79. The number of hydrogen-bond donors (Lipinski definition) is 3. The van der Waals surface area contributed by atoms with Crippen molar-refractivity contribution in [2.75, 3.05) is 11.5 Å². The molecule has 2 saturated heterocycles. The number of aromatic nitrogens is 6. The molecule has 0 saturated carbocycles. The quantitative estimate of drug-likeness (QED) is 0.305. The third-order valence-electron chi connectivity index (χ3n) is 4.57. The van der Waals surface area contributed by atoms with Gasteiger partial charge in [-0.15, -0.1) is 27.1 Å². The van der Waals surface area contributed by atoms with Crippen molar-refractivity contribution in [2.45, 2.75) is 40.9 Å². The summed E-state index contributed by atoms with van der Waals surface area (Å²) in [5.41, 5.74) is -1.66. The molecule has 2 aliphatic rings. The smallest absolute Gasteiger partial charge is 0.329 e. The molecule has 0 aliphatic carbocycles. The monoisotopic (exact) mass is 472 g/mol. The van der Waals surface area contributed by atoms with E-state index in [4.69, 9.17) is 0 Å². The highest BCUT2D eigenvalue weighted by molar-refractivity contribution is 8.01. The van der Waals surface area contributed by atoms with Crippen LogP contribution in [0.25, 0.3) is 0 Å². The van der Waals surface area contributed by atoms with E-state index in [9.17, 15) is 24.6 Å². The van der Waals surface area contributed by atoms with Gasteiger partial charge in [0.25, 0.3) is 0 Å². The first-order chi connectivity index (χ1) is 14.3. The van der Waals surface area contributed by atoms with Crippen molar-refractivity contribution < 1.29 is 24.6 Å². The number of tetrazole rings is 1. The average Bonchev–Trinajstić information content (AvgIpc) is 3.35. The summed E-state index contributed by atoms with van der Waals surface area (Å²) < 4.78 is 1.81. The molecule has 4 rings (SSSR count). The van der Waals surface area contributed by atoms with Crippen LogP contribution in [0.3, 0.4) is 0 Å². The van der Waals surface area contributed by atoms with Gasteiger partial charge in [0, 0.05) is 11.5 Å². The lowest BCUT2D eigenvalue weighted by molar-refractivity contribution is -0.174. The number of rotatable bonds is 7. The van der Waals surface area contributed by atoms with Gasteiger partial charge in [-0.1, -0.05) is 23.1 Å². The van der Waals surface area contributed by atoms with Gasteiger partial charge in [-0.25, -0.2) is 9.48 Å². The van der Waals surface area contributed by atoms with E-state index in [1.807, 2.05) is 0 Å². The fourth-order valence-corrected chi connectivity index (χ4v) is 6.78. The van der Waals surface area contributed by atoms with Gasteiger partial charge in [-0.05, 0) is 17.4 Å². The molecule has 16 heteroatoms. The summed E-state index contributed by atoms with van der Waals surface area (Å²) in [5.74, 6) is -2.21. The molecule has 0 spiro atoms. The molecule has 4 heterocycles. The van der Waals surface area contributed by atoms with Gasteiger partial charge >= 0.3 is 5.97 Å². The van der Waals surface area contributed by atoms with Crippen LogP contribution in [-0.4, -0.2) is 97.9 Å². The second-order valence-corrected chi connectivity index (χ2v) is 10.2. The van der Waals surface area contributed by atoms with Gasteiger partial charge in [0.1, 0.15) is 34.9 Å². The summed E-state index contributed by atoms with van der Waals surface area (Å²) in [7, 11) is 0. The van der Waals surface area contributed by atoms with Gasteiger partial charge in [0.05, 0.1) is 0 Å². The number of amides is 2. The molecular formula is C14H16N8O5S3. The Balaban J connectivity index is 1.43. The zero-order valence-electron chi connectivity index (χ0n) is 15.4. The predicted octanol–water partition coefficient (Wildman–Crippen LogP) is -1.79. The van der Waals surface area contributed by atoms with Gasteiger partial charge in [-0.2, -0.15) is 0 Å². The van der Waals surface area contributed by atoms with Gasteiger partial charge in [0.15, 0.2) is 10.4 Å². The van der Waals surface area contributed by atoms with E-state index in [-0.39, 0.29) is 18.1 Å². The fraction of sp³-hybridized carbons (Fsp3) is 0.571. The highest BCUT2D eigenvalue weighted by Gasteiger charge is 2.62. The Morgan fingerprint density at radius 2 is 2.23 bits per heavy atom. The van der Waals surface area contributed by atoms with Crippen LogP contribution in [0.1, 0.15) is 5.01 Å². The van der Waals surface area contributed by atoms with Crippen LogP contribution in [0.15, 0.2) is 10.7 Å². The number of carboxylic acid groups (broad SMARTS) is 1. The number of aryl methyl sites for hydroxylation is 1. The molecule has 0 radical (unpaired) electrons. The van der Waals surface area contributed by atoms with E-state index in [0.717, 1.165) is 9.91 Å². The van der Waals surface area contributed by atoms with Crippen molar-refractivity contribution in [3.63, 3.8) is 0 Å². The second-order valence-electron chi connectivity index (χ2n) is 6.72. The van der Waals surface area contributed by atoms with Crippen LogP contribution in [0.5, 0.6) is 0 Å². The number of fused-ring (bicyclic) bond motifs is 1. The Kier molecular flexibility index (Phi) is 5.65. The number of nitrogens with one attached hydrogen (secondary N) is 1. The maximum absolute atomic E-state index is 12.7. The number of aliphatic carboxylic acids is 1. The molecule has 0 aromatic carbocycles. The number of β-lactam (4-membered cyclic amide) rings is 1. The number of hydrogen-bond acceptors (Lipinski definition) is 12. The minimum atomic E-state index is -1.66. The molecule has 4 atom stereocenters. The minimum Gasteiger partial charge on any atom is -0.480 e. The first kappa shape index (κ1) is 21.0. The number of aliphatic hydroxyl groups is 1. The summed E-state index contributed by atoms with van der Waals surface area (Å²) in [6, 6.07) is -2.30. The van der Waals surface area contributed by atoms with Gasteiger partial charge in [-0.3, -0.25) is 9.59 Å². The summed E-state index contributed by atoms with van der Waals surface area (Å²) in [6.07, 6.45) is 1.27. The molecule has 3 N–H and O–H groups in total. The molecular weight excluding hydrogens is 456 g/mol. The van der Waals surface area contributed by atoms with Crippen LogP contribution in [0.2, 0.25) is 0 Å². The molecule has 2 aliphatic heterocycles. The zero-order valence-corrected chi connectivity index (χ0v) is 17.9. The Labute approximate surface area is 181 Å². The number of thioether (sulfide) groups is 2. The van der Waals surface area contributed by atoms with E-state index >= 15 is 0 Å². The largest absolute Gasteiger partial charge is 0.480 e. The van der Waals surface area contributed by atoms with Crippen molar-refractivity contribution in [1.29, 1.82) is 0 Å². The third kappa shape index (κ3) is 3.86. The van der Waals surface area contributed by atoms with Crippen LogP contribution >= 0.6 is 34.9 Å². The molecule has 2 aromatic heterocycles. The van der Waals surface area contributed by atoms with Crippen LogP contribution < -0.4 is 5.32 Å². The van der Waals surface area contributed by atoms with Crippen molar-refractivity contribution in [3.05, 3.63) is 11.3 Å². The van der Waals surface area contributed by atoms with Crippen LogP contribution in [0, 0.1) is 6.92 Å². The lowest BCUT2D eigenvalue weighted by Gasteiger charge is -2.56. The van der Waals surface area contributed by atoms with E-state index < -0.39 is 40.8 Å². The molecule has 30 heavy (non-hydrogen) atoms. The average molecular weight is 473 g/mol. The maximum Gasteiger partial charge on any atom is 0.329 e. The number of nitrogens with zero attached hydrogens (tertiary/aromatic N) is 7. The summed E-state index contributed by atoms with van der Waals surface area (Å²) >= 11 is 3.77. The Hall–Kier alpha value is -2.30. The molecule has 2 amide bonds. The first-order valence-electron chi connectivity index (χ1n) is 8.60. The highest BCUT2D eigenvalue weighted by atomic mass is 32.2. The SMILES string of the molecule is Cc1nnc(SCC2(O)CS[C@@H]3[C@H](NC(=O)Cn4cnnn4)C(=O)N3C2C(=O)O)s1. The van der Waals surface area contributed by atoms with Crippen molar-refractivity contribution in [3.8, 4) is 0 Å². The number of carbonyl (C=O) groups is 3. The standard InChI is InChI=1S/C14H16N8O5S3/c1-6-17-18-13(30-6)29-4-14(27)3-28-11-8(10(24)22(11)9(14)12(25)26)16-7(23)2-21-5-15-19-20-21/h5,8-9,11,27H,2-4H2,1H3,(H,16,23)(H,25,26)/t8-,9?,11-,14?/m1/s1. The Morgan fingerprint density at radius 1 is 1.43 bits per heavy atom. The van der Waals surface area contributed by atoms with E-state index in [0.29, 0.717) is 4.34 Å². The Morgan fingerprint density at radius 3 is 2.87 bits per heavy atom. The molecule has 0 bridgehead atoms. The normalized spacial score (nSPS) is 28.0. The lowest BCUT2D eigenvalue weighted by atomic mass is 9.91. The summed E-state index contributed by atoms with van der Waals surface area (Å²) in [4.78, 5) is 37.9. The fourth-order valence-electron chi connectivity index (χ4n) is 3.25. The molecule has 2 unspecified atom stereocenters. The second kappa shape index (κ2) is 8.09. The van der Waals surface area contributed by atoms with Gasteiger partial charge in [0.2, 0.25) is 11.8 Å². The summed E-state index contributed by atoms with van der Waals surface area (Å²) in [6.45, 7) is 1.63. The van der Waals surface area contributed by atoms with E-state index in [1.165, 1.54) is 45.9 Å². The maximum atomic E-state index is 12.7. The number of carbonyl (C=O) groups excluding carboxylic acids is 2. The van der Waals surface area contributed by atoms with Crippen LogP contribution in [-0.2, 0) is 20.9 Å². The Bertz CT molecular complexity index is 971. The van der Waals surface area contributed by atoms with Crippen molar-refractivity contribution in [1.82, 2.24) is 40.6 Å². The topological polar surface area (TPSA) is 176 Å². The van der Waals surface area contributed by atoms with Crippen LogP contribution in [0.4, 0.5) is 0 Å². The highest BCUT2D eigenvalue weighted by Crippen LogP contribution is 2.44. The molecule has 2 aromatic rings. The van der Waals surface area contributed by atoms with E-state index in [2.05, 4.69) is 31.0 Å². The van der Waals surface area contributed by atoms with E-state index in [1.54, 1.807) is 6.92 Å². The van der Waals surface area contributed by atoms with Gasteiger partial charge < -0.3 is 20.4 Å². The zero-order chi connectivity index (χ0) is 21.5. The third-order valence-corrected chi connectivity index (χ3v) is 8.29. The molecule has 160 valence electrons.